The lowest BCUT2D eigenvalue weighted by atomic mass is 10.2. The molecule has 0 fully saturated rings. The minimum atomic E-state index is -0.163. The van der Waals surface area contributed by atoms with Crippen molar-refractivity contribution in [1.82, 2.24) is 10.2 Å². The summed E-state index contributed by atoms with van der Waals surface area (Å²) in [5.41, 5.74) is 1.60. The molecule has 2 N–H and O–H groups in total. The van der Waals surface area contributed by atoms with Crippen LogP contribution in [0.1, 0.15) is 19.4 Å². The topological polar surface area (TPSA) is 84.0 Å². The van der Waals surface area contributed by atoms with Gasteiger partial charge >= 0.3 is 0 Å². The lowest BCUT2D eigenvalue weighted by molar-refractivity contribution is -0.119. The number of aromatic nitrogens is 2. The fraction of sp³-hybridized carbons (Fsp3) is 0.294. The first-order valence-electron chi connectivity index (χ1n) is 7.68. The molecule has 0 bridgehead atoms. The molecule has 0 saturated heterocycles. The van der Waals surface area contributed by atoms with Crippen molar-refractivity contribution in [3.63, 3.8) is 0 Å². The Bertz CT molecular complexity index is 766. The van der Waals surface area contributed by atoms with Gasteiger partial charge < -0.3 is 10.6 Å². The highest BCUT2D eigenvalue weighted by Gasteiger charge is 2.09. The van der Waals surface area contributed by atoms with E-state index in [9.17, 15) is 9.59 Å². The molecular formula is C17H19ClN4O2S. The molecule has 0 aliphatic heterocycles. The largest absolute Gasteiger partial charge is 0.325 e. The first-order valence-corrected chi connectivity index (χ1v) is 9.05. The summed E-state index contributed by atoms with van der Waals surface area (Å²) in [6.07, 6.45) is 0. The molecule has 1 aromatic heterocycles. The minimum absolute atomic E-state index is 0.120. The van der Waals surface area contributed by atoms with Gasteiger partial charge in [0.25, 0.3) is 0 Å². The van der Waals surface area contributed by atoms with Gasteiger partial charge in [-0.15, -0.1) is 10.2 Å². The Morgan fingerprint density at radius 1 is 1.16 bits per heavy atom. The number of rotatable bonds is 6. The maximum atomic E-state index is 12.0. The molecule has 0 aliphatic carbocycles. The number of anilines is 2. The van der Waals surface area contributed by atoms with E-state index in [-0.39, 0.29) is 23.5 Å². The molecule has 0 radical (unpaired) electrons. The Balaban J connectivity index is 1.85. The van der Waals surface area contributed by atoms with Crippen LogP contribution < -0.4 is 10.6 Å². The number of benzene rings is 1. The van der Waals surface area contributed by atoms with Crippen molar-refractivity contribution >= 4 is 46.7 Å². The van der Waals surface area contributed by atoms with Crippen LogP contribution in [-0.4, -0.2) is 27.8 Å². The standard InChI is InChI=1S/C17H19ClN4O2S/c1-10(2)17(24)20-14-6-7-16(22-21-14)25-9-15(23)19-12-5-4-11(3)13(18)8-12/h4-8,10H,9H2,1-3H3,(H,19,23)(H,20,21,24). The van der Waals surface area contributed by atoms with E-state index in [0.29, 0.717) is 21.6 Å². The highest BCUT2D eigenvalue weighted by atomic mass is 35.5. The van der Waals surface area contributed by atoms with E-state index in [0.717, 1.165) is 5.56 Å². The first kappa shape index (κ1) is 19.2. The highest BCUT2D eigenvalue weighted by Crippen LogP contribution is 2.21. The van der Waals surface area contributed by atoms with E-state index in [1.54, 1.807) is 38.1 Å². The van der Waals surface area contributed by atoms with Crippen LogP contribution in [0.25, 0.3) is 0 Å². The van der Waals surface area contributed by atoms with Crippen molar-refractivity contribution in [3.05, 3.63) is 40.9 Å². The van der Waals surface area contributed by atoms with E-state index in [1.165, 1.54) is 11.8 Å². The van der Waals surface area contributed by atoms with E-state index in [2.05, 4.69) is 20.8 Å². The van der Waals surface area contributed by atoms with Gasteiger partial charge in [0.15, 0.2) is 5.82 Å². The van der Waals surface area contributed by atoms with Crippen LogP contribution >= 0.6 is 23.4 Å². The SMILES string of the molecule is Cc1ccc(NC(=O)CSc2ccc(NC(=O)C(C)C)nn2)cc1Cl. The summed E-state index contributed by atoms with van der Waals surface area (Å²) < 4.78 is 0. The fourth-order valence-corrected chi connectivity index (χ4v) is 2.54. The van der Waals surface area contributed by atoms with E-state index >= 15 is 0 Å². The van der Waals surface area contributed by atoms with Crippen LogP contribution in [-0.2, 0) is 9.59 Å². The number of aryl methyl sites for hydroxylation is 1. The maximum Gasteiger partial charge on any atom is 0.234 e. The van der Waals surface area contributed by atoms with Crippen molar-refractivity contribution in [1.29, 1.82) is 0 Å². The Morgan fingerprint density at radius 3 is 2.52 bits per heavy atom. The molecule has 1 heterocycles. The fourth-order valence-electron chi connectivity index (χ4n) is 1.74. The van der Waals surface area contributed by atoms with Crippen LogP contribution in [0.2, 0.25) is 5.02 Å². The van der Waals surface area contributed by atoms with Gasteiger partial charge in [0, 0.05) is 16.6 Å². The first-order chi connectivity index (χ1) is 11.8. The number of amides is 2. The van der Waals surface area contributed by atoms with Crippen molar-refractivity contribution in [2.75, 3.05) is 16.4 Å². The smallest absolute Gasteiger partial charge is 0.234 e. The molecule has 6 nitrogen and oxygen atoms in total. The molecule has 1 aromatic carbocycles. The molecule has 0 atom stereocenters. The molecule has 132 valence electrons. The summed E-state index contributed by atoms with van der Waals surface area (Å²) in [5.74, 6) is 0.170. The summed E-state index contributed by atoms with van der Waals surface area (Å²) in [6.45, 7) is 5.50. The monoisotopic (exact) mass is 378 g/mol. The normalized spacial score (nSPS) is 10.6. The molecule has 0 spiro atoms. The number of hydrogen-bond acceptors (Lipinski definition) is 5. The molecule has 25 heavy (non-hydrogen) atoms. The zero-order valence-electron chi connectivity index (χ0n) is 14.2. The lowest BCUT2D eigenvalue weighted by Gasteiger charge is -2.07. The van der Waals surface area contributed by atoms with Crippen LogP contribution in [0.4, 0.5) is 11.5 Å². The average molecular weight is 379 g/mol. The second kappa shape index (κ2) is 8.82. The third kappa shape index (κ3) is 6.03. The quantitative estimate of drug-likeness (QED) is 0.747. The van der Waals surface area contributed by atoms with Gasteiger partial charge in [-0.05, 0) is 36.8 Å². The highest BCUT2D eigenvalue weighted by molar-refractivity contribution is 7.99. The molecule has 0 aliphatic rings. The van der Waals surface area contributed by atoms with Crippen LogP contribution in [0.3, 0.4) is 0 Å². The van der Waals surface area contributed by atoms with E-state index in [4.69, 9.17) is 11.6 Å². The molecule has 0 unspecified atom stereocenters. The van der Waals surface area contributed by atoms with Gasteiger partial charge in [-0.2, -0.15) is 0 Å². The second-order valence-corrected chi connectivity index (χ2v) is 7.10. The average Bonchev–Trinajstić information content (AvgIpc) is 2.57. The minimum Gasteiger partial charge on any atom is -0.325 e. The number of halogens is 1. The predicted octanol–water partition coefficient (Wildman–Crippen LogP) is 3.76. The van der Waals surface area contributed by atoms with Crippen LogP contribution in [0.15, 0.2) is 35.4 Å². The summed E-state index contributed by atoms with van der Waals surface area (Å²) in [6, 6.07) is 8.74. The molecule has 8 heteroatoms. The molecule has 2 aromatic rings. The zero-order chi connectivity index (χ0) is 18.4. The molecule has 2 rings (SSSR count). The van der Waals surface area contributed by atoms with Gasteiger partial charge in [0.05, 0.1) is 5.75 Å². The van der Waals surface area contributed by atoms with Gasteiger partial charge in [0.1, 0.15) is 5.03 Å². The van der Waals surface area contributed by atoms with Gasteiger partial charge in [0.2, 0.25) is 11.8 Å². The maximum absolute atomic E-state index is 12.0. The summed E-state index contributed by atoms with van der Waals surface area (Å²) in [4.78, 5) is 23.6. The van der Waals surface area contributed by atoms with Crippen LogP contribution in [0, 0.1) is 12.8 Å². The lowest BCUT2D eigenvalue weighted by Crippen LogP contribution is -2.18. The van der Waals surface area contributed by atoms with Crippen molar-refractivity contribution in [3.8, 4) is 0 Å². The number of thioether (sulfide) groups is 1. The Hall–Kier alpha value is -2.12. The zero-order valence-corrected chi connectivity index (χ0v) is 15.7. The van der Waals surface area contributed by atoms with Crippen molar-refractivity contribution in [2.24, 2.45) is 5.92 Å². The van der Waals surface area contributed by atoms with Crippen molar-refractivity contribution < 1.29 is 9.59 Å². The van der Waals surface area contributed by atoms with Crippen LogP contribution in [0.5, 0.6) is 0 Å². The number of carbonyl (C=O) groups is 2. The predicted molar refractivity (Wildman–Crippen MR) is 101 cm³/mol. The summed E-state index contributed by atoms with van der Waals surface area (Å²) >= 11 is 7.29. The number of carbonyl (C=O) groups excluding carboxylic acids is 2. The van der Waals surface area contributed by atoms with Gasteiger partial charge in [-0.25, -0.2) is 0 Å². The number of hydrogen-bond donors (Lipinski definition) is 2. The second-order valence-electron chi connectivity index (χ2n) is 5.70. The van der Waals surface area contributed by atoms with Gasteiger partial charge in [-0.3, -0.25) is 9.59 Å². The molecule has 2 amide bonds. The Morgan fingerprint density at radius 2 is 1.92 bits per heavy atom. The summed E-state index contributed by atoms with van der Waals surface area (Å²) in [5, 5.41) is 14.6. The molecular weight excluding hydrogens is 360 g/mol. The third-order valence-corrected chi connectivity index (χ3v) is 4.55. The van der Waals surface area contributed by atoms with E-state index < -0.39 is 0 Å². The van der Waals surface area contributed by atoms with Crippen molar-refractivity contribution in [2.45, 2.75) is 25.8 Å². The summed E-state index contributed by atoms with van der Waals surface area (Å²) in [7, 11) is 0. The Labute approximate surface area is 155 Å². The molecule has 0 saturated carbocycles. The number of nitrogens with one attached hydrogen (secondary N) is 2. The van der Waals surface area contributed by atoms with E-state index in [1.807, 2.05) is 13.0 Å². The van der Waals surface area contributed by atoms with Gasteiger partial charge in [-0.1, -0.05) is 43.3 Å². The number of nitrogens with zero attached hydrogens (tertiary/aromatic N) is 2. The Kier molecular flexibility index (Phi) is 6.78. The third-order valence-electron chi connectivity index (χ3n) is 3.22.